The van der Waals surface area contributed by atoms with E-state index in [9.17, 15) is 9.59 Å². The summed E-state index contributed by atoms with van der Waals surface area (Å²) in [6, 6.07) is 29.8. The van der Waals surface area contributed by atoms with Crippen LogP contribution in [-0.2, 0) is 28.1 Å². The van der Waals surface area contributed by atoms with E-state index in [1.54, 1.807) is 0 Å². The van der Waals surface area contributed by atoms with E-state index in [2.05, 4.69) is 64.3 Å². The molecule has 4 rings (SSSR count). The van der Waals surface area contributed by atoms with Gasteiger partial charge in [0.05, 0.1) is 0 Å². The van der Waals surface area contributed by atoms with Crippen LogP contribution in [0.15, 0.2) is 91.0 Å². The van der Waals surface area contributed by atoms with Gasteiger partial charge in [-0.05, 0) is 37.1 Å². The Morgan fingerprint density at radius 2 is 1.21 bits per heavy atom. The van der Waals surface area contributed by atoms with Crippen LogP contribution in [0.1, 0.15) is 92.5 Å². The molecule has 3 aromatic rings. The van der Waals surface area contributed by atoms with E-state index in [0.29, 0.717) is 11.1 Å². The van der Waals surface area contributed by atoms with Crippen molar-refractivity contribution in [3.05, 3.63) is 128 Å². The smallest absolute Gasteiger partial charge is 0.498 e. The zero-order valence-electron chi connectivity index (χ0n) is 26.0. The Morgan fingerprint density at radius 1 is 0.786 bits per heavy atom. The fraction of sp³-hybridized carbons (Fsp3) is 0.378. The van der Waals surface area contributed by atoms with Crippen LogP contribution < -0.4 is 10.6 Å². The Labute approximate surface area is 270 Å². The molecule has 0 spiro atoms. The molecule has 4 nitrogen and oxygen atoms in total. The molecule has 1 radical (unpaired) electrons. The topological polar surface area (TPSA) is 58.2 Å². The second-order valence-electron chi connectivity index (χ2n) is 11.3. The van der Waals surface area contributed by atoms with Crippen molar-refractivity contribution in [1.29, 1.82) is 0 Å². The molecule has 0 aliphatic heterocycles. The van der Waals surface area contributed by atoms with Gasteiger partial charge in [0.2, 0.25) is 5.91 Å². The van der Waals surface area contributed by atoms with Crippen LogP contribution in [0, 0.1) is 31.2 Å². The number of hydrogen-bond donors (Lipinski definition) is 2. The minimum Gasteiger partial charge on any atom is -0.498 e. The van der Waals surface area contributed by atoms with Gasteiger partial charge in [-0.25, -0.2) is 6.04 Å². The molecule has 2 N–H and O–H groups in total. The summed E-state index contributed by atoms with van der Waals surface area (Å²) >= 11 is 0. The fourth-order valence-electron chi connectivity index (χ4n) is 4.77. The largest absolute Gasteiger partial charge is 3.00 e. The van der Waals surface area contributed by atoms with E-state index < -0.39 is 0 Å². The molecule has 0 aromatic heterocycles. The summed E-state index contributed by atoms with van der Waals surface area (Å²) in [5, 5.41) is 6.52. The summed E-state index contributed by atoms with van der Waals surface area (Å²) in [6.45, 7) is 15.8. The number of unbranched alkanes of at least 4 members (excludes halogenated alkanes) is 2. The monoisotopic (exact) mass is 601 g/mol. The summed E-state index contributed by atoms with van der Waals surface area (Å²) in [5.74, 6) is -0.180. The molecular weight excluding hydrogens is 552 g/mol. The Balaban J connectivity index is 0.000000873. The van der Waals surface area contributed by atoms with Gasteiger partial charge in [-0.1, -0.05) is 118 Å². The SMILES string of the molecule is CC1(C)C[C-](NC(=O)c2ccccc2)C(Cc2ccccc2)C(NC(=O)c2ccccc2)C1.[CH2-]CCC.[CH2-]CCC.[Ti+3]. The first-order valence-corrected chi connectivity index (χ1v) is 14.9. The third-order valence-corrected chi connectivity index (χ3v) is 7.04. The van der Waals surface area contributed by atoms with Crippen LogP contribution >= 0.6 is 0 Å². The number of amides is 2. The van der Waals surface area contributed by atoms with Gasteiger partial charge in [-0.3, -0.25) is 9.59 Å². The fourth-order valence-corrected chi connectivity index (χ4v) is 4.77. The Morgan fingerprint density at radius 3 is 1.67 bits per heavy atom. The Bertz CT molecular complexity index is 1060. The molecular formula is C37H49N2O2Ti. The van der Waals surface area contributed by atoms with Gasteiger partial charge in [0, 0.05) is 17.2 Å². The molecule has 5 heteroatoms. The molecule has 1 fully saturated rings. The van der Waals surface area contributed by atoms with Gasteiger partial charge in [-0.2, -0.15) is 19.3 Å². The molecule has 42 heavy (non-hydrogen) atoms. The molecule has 2 unspecified atom stereocenters. The van der Waals surface area contributed by atoms with Crippen molar-refractivity contribution in [3.63, 3.8) is 0 Å². The minimum absolute atomic E-state index is 0. The molecule has 0 bridgehead atoms. The maximum atomic E-state index is 13.1. The van der Waals surface area contributed by atoms with Gasteiger partial charge >= 0.3 is 21.7 Å². The van der Waals surface area contributed by atoms with Gasteiger partial charge in [0.15, 0.2) is 0 Å². The zero-order valence-corrected chi connectivity index (χ0v) is 27.6. The van der Waals surface area contributed by atoms with E-state index >= 15 is 0 Å². The standard InChI is InChI=1S/C29H31N2O2.2C4H9.Ti/c1-29(2)19-25(30-27(32)22-14-8-4-9-15-22)24(18-21-12-6-3-7-13-21)26(20-29)31-28(33)23-16-10-5-11-17-23;2*1-3-4-2;/h3-17,24-25H,18-20H2,1-2H3,(H,30,32)(H,31,33);2*1,3-4H2,2H3;/q3*-1;+3. The van der Waals surface area contributed by atoms with Gasteiger partial charge in [0.25, 0.3) is 5.91 Å². The van der Waals surface area contributed by atoms with Crippen molar-refractivity contribution in [2.24, 2.45) is 11.3 Å². The molecule has 3 aromatic carbocycles. The third kappa shape index (κ3) is 13.1. The summed E-state index contributed by atoms with van der Waals surface area (Å²) in [7, 11) is 0. The van der Waals surface area contributed by atoms with Crippen molar-refractivity contribution in [2.45, 2.75) is 78.7 Å². The number of carbonyl (C=O) groups is 2. The van der Waals surface area contributed by atoms with Gasteiger partial charge in [-0.15, -0.1) is 5.92 Å². The van der Waals surface area contributed by atoms with Gasteiger partial charge in [0.1, 0.15) is 0 Å². The molecule has 1 saturated carbocycles. The average Bonchev–Trinajstić information content (AvgIpc) is 3.00. The first-order valence-electron chi connectivity index (χ1n) is 14.9. The Hall–Kier alpha value is -2.69. The Kier molecular flexibility index (Phi) is 18.0. The van der Waals surface area contributed by atoms with Crippen LogP contribution in [0.2, 0.25) is 0 Å². The third-order valence-electron chi connectivity index (χ3n) is 7.04. The van der Waals surface area contributed by atoms with Crippen molar-refractivity contribution in [3.8, 4) is 0 Å². The van der Waals surface area contributed by atoms with Crippen molar-refractivity contribution in [2.75, 3.05) is 0 Å². The first-order chi connectivity index (χ1) is 19.7. The van der Waals surface area contributed by atoms with E-state index in [4.69, 9.17) is 0 Å². The maximum absolute atomic E-state index is 13.1. The van der Waals surface area contributed by atoms with Crippen molar-refractivity contribution in [1.82, 2.24) is 10.6 Å². The quantitative estimate of drug-likeness (QED) is 0.201. The molecule has 223 valence electrons. The predicted octanol–water partition coefficient (Wildman–Crippen LogP) is 8.66. The average molecular weight is 602 g/mol. The van der Waals surface area contributed by atoms with E-state index in [-0.39, 0.29) is 50.9 Å². The first kappa shape index (κ1) is 37.3. The van der Waals surface area contributed by atoms with E-state index in [0.717, 1.165) is 38.1 Å². The maximum Gasteiger partial charge on any atom is 3.00 e. The molecule has 1 aliphatic rings. The van der Waals surface area contributed by atoms with Crippen LogP contribution in [0.25, 0.3) is 0 Å². The number of carbonyl (C=O) groups excluding carboxylic acids is 2. The second kappa shape index (κ2) is 20.3. The molecule has 0 heterocycles. The van der Waals surface area contributed by atoms with Crippen molar-refractivity contribution >= 4 is 11.8 Å². The van der Waals surface area contributed by atoms with Crippen LogP contribution in [0.4, 0.5) is 0 Å². The minimum atomic E-state index is -0.102. The normalized spacial score (nSPS) is 17.2. The molecule has 0 saturated heterocycles. The molecule has 2 atom stereocenters. The number of rotatable bonds is 8. The van der Waals surface area contributed by atoms with Crippen LogP contribution in [-0.4, -0.2) is 17.9 Å². The second-order valence-corrected chi connectivity index (χ2v) is 11.3. The van der Waals surface area contributed by atoms with Crippen molar-refractivity contribution < 1.29 is 31.3 Å². The predicted molar refractivity (Wildman–Crippen MR) is 172 cm³/mol. The van der Waals surface area contributed by atoms with Gasteiger partial charge < -0.3 is 24.5 Å². The number of hydrogen-bond acceptors (Lipinski definition) is 2. The summed E-state index contributed by atoms with van der Waals surface area (Å²) in [4.78, 5) is 26.1. The summed E-state index contributed by atoms with van der Waals surface area (Å²) in [6.07, 6.45) is 6.93. The summed E-state index contributed by atoms with van der Waals surface area (Å²) < 4.78 is 0. The molecule has 1 aliphatic carbocycles. The summed E-state index contributed by atoms with van der Waals surface area (Å²) in [5.41, 5.74) is 2.42. The van der Waals surface area contributed by atoms with E-state index in [1.807, 2.05) is 78.9 Å². The molecule has 2 amide bonds. The number of nitrogens with one attached hydrogen (secondary N) is 2. The van der Waals surface area contributed by atoms with E-state index in [1.165, 1.54) is 18.4 Å². The van der Waals surface area contributed by atoms with Crippen LogP contribution in [0.3, 0.4) is 0 Å². The number of benzene rings is 3. The van der Waals surface area contributed by atoms with Crippen LogP contribution in [0.5, 0.6) is 0 Å². The zero-order chi connectivity index (χ0) is 30.1.